The molecule has 1 unspecified atom stereocenters. The van der Waals surface area contributed by atoms with E-state index in [1.807, 2.05) is 0 Å². The summed E-state index contributed by atoms with van der Waals surface area (Å²) in [6.45, 7) is 3.63. The minimum absolute atomic E-state index is 0. The molecule has 7 heteroatoms. The Balaban J connectivity index is 0. The molecule has 5 nitrogen and oxygen atoms in total. The standard InChI is InChI=1S/C16H32O5S.Na/c1-3-5-6-7-8-9-10-11-12-13-14-16(4-2,15(17)18)22(19,20)21;/h3-14H2,1-2H3,(H,17,18)(H,19,20,21);/q;+1/p-1. The van der Waals surface area contributed by atoms with E-state index in [-0.39, 0.29) is 42.4 Å². The van der Waals surface area contributed by atoms with Crippen LogP contribution in [0.2, 0.25) is 0 Å². The second kappa shape index (κ2) is 13.6. The van der Waals surface area contributed by atoms with Crippen molar-refractivity contribution in [2.75, 3.05) is 0 Å². The molecule has 0 aromatic rings. The van der Waals surface area contributed by atoms with Gasteiger partial charge in [0.1, 0.15) is 4.75 Å². The van der Waals surface area contributed by atoms with Crippen LogP contribution in [0.25, 0.3) is 0 Å². The third kappa shape index (κ3) is 9.44. The molecule has 0 heterocycles. The molecule has 0 bridgehead atoms. The second-order valence-electron chi connectivity index (χ2n) is 6.04. The first-order chi connectivity index (χ1) is 10.3. The normalized spacial score (nSPS) is 14.0. The molecule has 0 radical (unpaired) electrons. The molecule has 0 aliphatic carbocycles. The van der Waals surface area contributed by atoms with Gasteiger partial charge in [0, 0.05) is 0 Å². The quantitative estimate of drug-likeness (QED) is 0.270. The summed E-state index contributed by atoms with van der Waals surface area (Å²) in [5.41, 5.74) is 0. The zero-order chi connectivity index (χ0) is 17.1. The van der Waals surface area contributed by atoms with E-state index in [4.69, 9.17) is 0 Å². The molecule has 0 aliphatic heterocycles. The van der Waals surface area contributed by atoms with Crippen LogP contribution in [0.4, 0.5) is 0 Å². The van der Waals surface area contributed by atoms with E-state index in [0.717, 1.165) is 19.3 Å². The van der Waals surface area contributed by atoms with Gasteiger partial charge in [-0.05, 0) is 12.8 Å². The van der Waals surface area contributed by atoms with Gasteiger partial charge in [0.25, 0.3) is 10.1 Å². The van der Waals surface area contributed by atoms with Crippen LogP contribution >= 0.6 is 0 Å². The monoisotopic (exact) mass is 358 g/mol. The number of carboxylic acid groups (broad SMARTS) is 1. The molecule has 0 amide bonds. The molecule has 0 aromatic carbocycles. The molecule has 23 heavy (non-hydrogen) atoms. The first-order valence-corrected chi connectivity index (χ1v) is 9.94. The maximum atomic E-state index is 11.4. The smallest absolute Gasteiger partial charge is 0.548 e. The molecule has 0 rings (SSSR count). The number of unbranched alkanes of at least 4 members (excludes halogenated alkanes) is 9. The Kier molecular flexibility index (Phi) is 15.2. The van der Waals surface area contributed by atoms with Gasteiger partial charge in [0.05, 0.1) is 5.97 Å². The SMILES string of the molecule is CCCCCCCCCCCCC(CC)(C(=O)[O-])S(=O)(=O)O.[Na+]. The predicted octanol–water partition coefficient (Wildman–Crippen LogP) is 0.0879. The van der Waals surface area contributed by atoms with Crippen molar-refractivity contribution in [2.45, 2.75) is 95.6 Å². The fourth-order valence-electron chi connectivity index (χ4n) is 2.74. The number of hydrogen-bond donors (Lipinski definition) is 1. The summed E-state index contributed by atoms with van der Waals surface area (Å²) in [7, 11) is -4.65. The van der Waals surface area contributed by atoms with Gasteiger partial charge in [-0.3, -0.25) is 4.55 Å². The van der Waals surface area contributed by atoms with Crippen molar-refractivity contribution in [1.82, 2.24) is 0 Å². The van der Waals surface area contributed by atoms with Crippen LogP contribution < -0.4 is 34.7 Å². The summed E-state index contributed by atoms with van der Waals surface area (Å²) >= 11 is 0. The third-order valence-corrected chi connectivity index (χ3v) is 6.02. The first-order valence-electron chi connectivity index (χ1n) is 8.50. The average molecular weight is 358 g/mol. The summed E-state index contributed by atoms with van der Waals surface area (Å²) in [6.07, 6.45) is 10.5. The van der Waals surface area contributed by atoms with Crippen LogP contribution in [-0.2, 0) is 14.9 Å². The van der Waals surface area contributed by atoms with E-state index >= 15 is 0 Å². The fraction of sp³-hybridized carbons (Fsp3) is 0.938. The molecule has 0 spiro atoms. The van der Waals surface area contributed by atoms with Crippen molar-refractivity contribution in [3.63, 3.8) is 0 Å². The molecule has 1 atom stereocenters. The van der Waals surface area contributed by atoms with Gasteiger partial charge in [-0.2, -0.15) is 8.42 Å². The Morgan fingerprint density at radius 1 is 0.913 bits per heavy atom. The minimum Gasteiger partial charge on any atom is -0.548 e. The van der Waals surface area contributed by atoms with Crippen LogP contribution in [0.15, 0.2) is 0 Å². The van der Waals surface area contributed by atoms with Crippen molar-refractivity contribution in [3.8, 4) is 0 Å². The Bertz CT molecular complexity index is 411. The van der Waals surface area contributed by atoms with E-state index in [1.165, 1.54) is 45.4 Å². The van der Waals surface area contributed by atoms with Crippen LogP contribution in [-0.4, -0.2) is 23.7 Å². The third-order valence-electron chi connectivity index (χ3n) is 4.37. The number of rotatable bonds is 14. The Labute approximate surface area is 163 Å². The molecular formula is C16H31NaO5S. The van der Waals surface area contributed by atoms with Crippen LogP contribution in [0.1, 0.15) is 90.9 Å². The van der Waals surface area contributed by atoms with Crippen molar-refractivity contribution in [1.29, 1.82) is 0 Å². The summed E-state index contributed by atoms with van der Waals surface area (Å²) in [6, 6.07) is 0. The Hall–Kier alpha value is 0.380. The molecule has 132 valence electrons. The number of carbonyl (C=O) groups is 1. The average Bonchev–Trinajstić information content (AvgIpc) is 2.43. The van der Waals surface area contributed by atoms with Gasteiger partial charge in [0.15, 0.2) is 0 Å². The number of carboxylic acids is 1. The summed E-state index contributed by atoms with van der Waals surface area (Å²) in [4.78, 5) is 11.1. The summed E-state index contributed by atoms with van der Waals surface area (Å²) < 4.78 is 29.8. The van der Waals surface area contributed by atoms with Crippen molar-refractivity contribution >= 4 is 16.1 Å². The van der Waals surface area contributed by atoms with Crippen molar-refractivity contribution < 1.29 is 52.4 Å². The van der Waals surface area contributed by atoms with Gasteiger partial charge in [-0.25, -0.2) is 0 Å². The second-order valence-corrected chi connectivity index (χ2v) is 7.77. The minimum atomic E-state index is -4.65. The zero-order valence-corrected chi connectivity index (χ0v) is 17.8. The van der Waals surface area contributed by atoms with E-state index in [1.54, 1.807) is 0 Å². The predicted molar refractivity (Wildman–Crippen MR) is 86.0 cm³/mol. The van der Waals surface area contributed by atoms with E-state index in [9.17, 15) is 22.9 Å². The molecular weight excluding hydrogens is 327 g/mol. The van der Waals surface area contributed by atoms with Crippen molar-refractivity contribution in [2.24, 2.45) is 0 Å². The molecule has 0 aromatic heterocycles. The molecule has 1 N–H and O–H groups in total. The first kappa shape index (κ1) is 25.6. The maximum Gasteiger partial charge on any atom is 1.00 e. The van der Waals surface area contributed by atoms with Crippen LogP contribution in [0.3, 0.4) is 0 Å². The van der Waals surface area contributed by atoms with E-state index in [2.05, 4.69) is 6.92 Å². The largest absolute Gasteiger partial charge is 1.00 e. The van der Waals surface area contributed by atoms with Crippen LogP contribution in [0, 0.1) is 0 Å². The van der Waals surface area contributed by atoms with Crippen LogP contribution in [0.5, 0.6) is 0 Å². The Morgan fingerprint density at radius 2 is 1.30 bits per heavy atom. The summed E-state index contributed by atoms with van der Waals surface area (Å²) in [5.74, 6) is -1.70. The molecule has 0 saturated heterocycles. The van der Waals surface area contributed by atoms with Gasteiger partial charge in [0.2, 0.25) is 0 Å². The van der Waals surface area contributed by atoms with Gasteiger partial charge < -0.3 is 9.90 Å². The number of hydrogen-bond acceptors (Lipinski definition) is 4. The van der Waals surface area contributed by atoms with Gasteiger partial charge in [-0.1, -0.05) is 78.1 Å². The number of carbonyl (C=O) groups excluding carboxylic acids is 1. The molecule has 0 aliphatic rings. The molecule has 0 saturated carbocycles. The Morgan fingerprint density at radius 3 is 1.61 bits per heavy atom. The van der Waals surface area contributed by atoms with Crippen molar-refractivity contribution in [3.05, 3.63) is 0 Å². The number of aliphatic carboxylic acids is 1. The zero-order valence-electron chi connectivity index (χ0n) is 15.0. The van der Waals surface area contributed by atoms with E-state index in [0.29, 0.717) is 6.42 Å². The van der Waals surface area contributed by atoms with Gasteiger partial charge in [-0.15, -0.1) is 0 Å². The summed E-state index contributed by atoms with van der Waals surface area (Å²) in [5, 5.41) is 11.1. The topological polar surface area (TPSA) is 94.5 Å². The maximum absolute atomic E-state index is 11.4. The fourth-order valence-corrected chi connectivity index (χ4v) is 3.72. The van der Waals surface area contributed by atoms with Gasteiger partial charge >= 0.3 is 29.6 Å². The molecule has 0 fully saturated rings. The van der Waals surface area contributed by atoms with E-state index < -0.39 is 20.8 Å².